The number of benzene rings is 1. The number of nitrogens with zero attached hydrogens (tertiary/aromatic N) is 2. The topological polar surface area (TPSA) is 43.3 Å². The van der Waals surface area contributed by atoms with E-state index in [4.69, 9.17) is 5.73 Å². The highest BCUT2D eigenvalue weighted by atomic mass is 32.1. The van der Waals surface area contributed by atoms with E-state index >= 15 is 0 Å². The highest BCUT2D eigenvalue weighted by Crippen LogP contribution is 2.14. The molecule has 0 aliphatic heterocycles. The molecule has 2 heterocycles. The van der Waals surface area contributed by atoms with Crippen molar-refractivity contribution in [3.05, 3.63) is 58.9 Å². The Morgan fingerprint density at radius 1 is 1.30 bits per heavy atom. The summed E-state index contributed by atoms with van der Waals surface area (Å²) in [6.45, 7) is 2.11. The SMILES string of the molecule is Cc1ccc(CCC(N)Cc2cn3ccsc3n2)cc1. The molecule has 0 aliphatic rings. The molecule has 0 saturated carbocycles. The number of rotatable bonds is 5. The van der Waals surface area contributed by atoms with Gasteiger partial charge in [-0.3, -0.25) is 4.40 Å². The highest BCUT2D eigenvalue weighted by molar-refractivity contribution is 7.15. The third-order valence-corrected chi connectivity index (χ3v) is 4.31. The van der Waals surface area contributed by atoms with Crippen LogP contribution in [-0.4, -0.2) is 15.4 Å². The molecule has 3 aromatic rings. The molecule has 0 radical (unpaired) electrons. The second-order valence-electron chi connectivity index (χ2n) is 5.31. The molecule has 4 heteroatoms. The normalized spacial score (nSPS) is 12.9. The first-order valence-electron chi connectivity index (χ1n) is 6.93. The average molecular weight is 285 g/mol. The summed E-state index contributed by atoms with van der Waals surface area (Å²) in [6.07, 6.45) is 6.99. The predicted molar refractivity (Wildman–Crippen MR) is 84.2 cm³/mol. The Balaban J connectivity index is 1.55. The summed E-state index contributed by atoms with van der Waals surface area (Å²) >= 11 is 1.66. The molecule has 3 rings (SSSR count). The number of hydrogen-bond donors (Lipinski definition) is 1. The molecule has 0 saturated heterocycles. The van der Waals surface area contributed by atoms with E-state index in [9.17, 15) is 0 Å². The minimum atomic E-state index is 0.168. The van der Waals surface area contributed by atoms with Crippen LogP contribution < -0.4 is 5.73 Å². The van der Waals surface area contributed by atoms with Gasteiger partial charge in [0.05, 0.1) is 5.69 Å². The molecule has 2 aromatic heterocycles. The first-order chi connectivity index (χ1) is 9.70. The van der Waals surface area contributed by atoms with Gasteiger partial charge in [0.2, 0.25) is 0 Å². The van der Waals surface area contributed by atoms with Crippen LogP contribution in [0.15, 0.2) is 42.0 Å². The quantitative estimate of drug-likeness (QED) is 0.782. The molecule has 0 bridgehead atoms. The molecule has 1 aromatic carbocycles. The van der Waals surface area contributed by atoms with Gasteiger partial charge in [-0.15, -0.1) is 11.3 Å². The van der Waals surface area contributed by atoms with E-state index in [1.165, 1.54) is 11.1 Å². The van der Waals surface area contributed by atoms with Crippen molar-refractivity contribution in [3.63, 3.8) is 0 Å². The Bertz CT molecular complexity index is 653. The van der Waals surface area contributed by atoms with Crippen LogP contribution in [0, 0.1) is 6.92 Å². The fourth-order valence-corrected chi connectivity index (χ4v) is 3.07. The Morgan fingerprint density at radius 3 is 2.85 bits per heavy atom. The summed E-state index contributed by atoms with van der Waals surface area (Å²) in [5, 5.41) is 2.05. The van der Waals surface area contributed by atoms with Crippen LogP contribution in [-0.2, 0) is 12.8 Å². The molecule has 0 spiro atoms. The van der Waals surface area contributed by atoms with Crippen molar-refractivity contribution in [2.24, 2.45) is 5.73 Å². The van der Waals surface area contributed by atoms with Crippen molar-refractivity contribution in [2.45, 2.75) is 32.2 Å². The molecule has 0 aliphatic carbocycles. The van der Waals surface area contributed by atoms with Crippen LogP contribution in [0.4, 0.5) is 0 Å². The lowest BCUT2D eigenvalue weighted by molar-refractivity contribution is 0.604. The van der Waals surface area contributed by atoms with Crippen molar-refractivity contribution in [2.75, 3.05) is 0 Å². The van der Waals surface area contributed by atoms with Crippen molar-refractivity contribution in [1.29, 1.82) is 0 Å². The lowest BCUT2D eigenvalue weighted by Gasteiger charge is -2.10. The first-order valence-corrected chi connectivity index (χ1v) is 7.81. The Kier molecular flexibility index (Phi) is 3.85. The smallest absolute Gasteiger partial charge is 0.193 e. The largest absolute Gasteiger partial charge is 0.327 e. The predicted octanol–water partition coefficient (Wildman–Crippen LogP) is 3.21. The molecule has 0 fully saturated rings. The van der Waals surface area contributed by atoms with Crippen molar-refractivity contribution in [1.82, 2.24) is 9.38 Å². The zero-order valence-electron chi connectivity index (χ0n) is 11.6. The van der Waals surface area contributed by atoms with Crippen LogP contribution >= 0.6 is 11.3 Å². The molecule has 3 nitrogen and oxygen atoms in total. The molecular formula is C16H19N3S. The van der Waals surface area contributed by atoms with Gasteiger partial charge in [0.15, 0.2) is 4.96 Å². The third kappa shape index (κ3) is 3.08. The standard InChI is InChI=1S/C16H19N3S/c1-12-2-4-13(5-3-12)6-7-14(17)10-15-11-19-8-9-20-16(19)18-15/h2-5,8-9,11,14H,6-7,10,17H2,1H3. The summed E-state index contributed by atoms with van der Waals surface area (Å²) in [7, 11) is 0. The lowest BCUT2D eigenvalue weighted by atomic mass is 10.0. The van der Waals surface area contributed by atoms with Gasteiger partial charge in [0.1, 0.15) is 0 Å². The minimum absolute atomic E-state index is 0.168. The van der Waals surface area contributed by atoms with E-state index in [0.29, 0.717) is 0 Å². The van der Waals surface area contributed by atoms with Gasteiger partial charge in [-0.25, -0.2) is 4.98 Å². The Hall–Kier alpha value is -1.65. The molecule has 2 N–H and O–H groups in total. The fraction of sp³-hybridized carbons (Fsp3) is 0.312. The van der Waals surface area contributed by atoms with Crippen LogP contribution in [0.25, 0.3) is 4.96 Å². The summed E-state index contributed by atoms with van der Waals surface area (Å²) < 4.78 is 2.06. The van der Waals surface area contributed by atoms with Crippen molar-refractivity contribution >= 4 is 16.3 Å². The summed E-state index contributed by atoms with van der Waals surface area (Å²) in [5.74, 6) is 0. The van der Waals surface area contributed by atoms with Gasteiger partial charge in [-0.2, -0.15) is 0 Å². The highest BCUT2D eigenvalue weighted by Gasteiger charge is 2.08. The lowest BCUT2D eigenvalue weighted by Crippen LogP contribution is -2.23. The second kappa shape index (κ2) is 5.77. The van der Waals surface area contributed by atoms with Gasteiger partial charge in [0.25, 0.3) is 0 Å². The molecule has 1 atom stereocenters. The van der Waals surface area contributed by atoms with Crippen molar-refractivity contribution in [3.8, 4) is 0 Å². The van der Waals surface area contributed by atoms with Crippen LogP contribution in [0.5, 0.6) is 0 Å². The van der Waals surface area contributed by atoms with Crippen LogP contribution in [0.1, 0.15) is 23.2 Å². The number of fused-ring (bicyclic) bond motifs is 1. The molecule has 1 unspecified atom stereocenters. The van der Waals surface area contributed by atoms with E-state index in [-0.39, 0.29) is 6.04 Å². The van der Waals surface area contributed by atoms with E-state index in [1.54, 1.807) is 11.3 Å². The summed E-state index contributed by atoms with van der Waals surface area (Å²) in [5.41, 5.74) is 9.98. The zero-order valence-corrected chi connectivity index (χ0v) is 12.4. The molecule has 0 amide bonds. The average Bonchev–Trinajstić information content (AvgIpc) is 2.99. The molecule has 20 heavy (non-hydrogen) atoms. The first kappa shape index (κ1) is 13.3. The maximum Gasteiger partial charge on any atom is 0.193 e. The molecule has 104 valence electrons. The summed E-state index contributed by atoms with van der Waals surface area (Å²) in [4.78, 5) is 5.63. The minimum Gasteiger partial charge on any atom is -0.327 e. The number of hydrogen-bond acceptors (Lipinski definition) is 3. The van der Waals surface area contributed by atoms with Crippen LogP contribution in [0.2, 0.25) is 0 Å². The van der Waals surface area contributed by atoms with Gasteiger partial charge in [-0.1, -0.05) is 29.8 Å². The number of aromatic nitrogens is 2. The van der Waals surface area contributed by atoms with Gasteiger partial charge >= 0.3 is 0 Å². The zero-order chi connectivity index (χ0) is 13.9. The number of imidazole rings is 1. The molecular weight excluding hydrogens is 266 g/mol. The fourth-order valence-electron chi connectivity index (χ4n) is 2.35. The van der Waals surface area contributed by atoms with Crippen molar-refractivity contribution < 1.29 is 0 Å². The second-order valence-corrected chi connectivity index (χ2v) is 6.19. The van der Waals surface area contributed by atoms with E-state index in [2.05, 4.69) is 46.8 Å². The maximum atomic E-state index is 6.23. The maximum absolute atomic E-state index is 6.23. The van der Waals surface area contributed by atoms with Gasteiger partial charge in [0, 0.05) is 30.2 Å². The number of thiazole rings is 1. The number of nitrogens with two attached hydrogens (primary N) is 1. The van der Waals surface area contributed by atoms with Gasteiger partial charge in [-0.05, 0) is 25.3 Å². The van der Waals surface area contributed by atoms with E-state index < -0.39 is 0 Å². The number of aryl methyl sites for hydroxylation is 2. The van der Waals surface area contributed by atoms with Gasteiger partial charge < -0.3 is 5.73 Å². The van der Waals surface area contributed by atoms with Crippen LogP contribution in [0.3, 0.4) is 0 Å². The Morgan fingerprint density at radius 2 is 2.10 bits per heavy atom. The third-order valence-electron chi connectivity index (χ3n) is 3.54. The van der Waals surface area contributed by atoms with E-state index in [0.717, 1.165) is 29.9 Å². The van der Waals surface area contributed by atoms with E-state index in [1.807, 2.05) is 11.6 Å². The Labute approximate surface area is 123 Å². The summed E-state index contributed by atoms with van der Waals surface area (Å²) in [6, 6.07) is 8.86. The monoisotopic (exact) mass is 285 g/mol.